The number of hydrogen-bond donors (Lipinski definition) is 1. The summed E-state index contributed by atoms with van der Waals surface area (Å²) < 4.78 is 2.28. The molecule has 0 aromatic carbocycles. The molecule has 1 fully saturated rings. The van der Waals surface area contributed by atoms with Crippen LogP contribution in [0.3, 0.4) is 0 Å². The Hall–Kier alpha value is -3.11. The Kier molecular flexibility index (Phi) is 6.10. The molecule has 31 heavy (non-hydrogen) atoms. The van der Waals surface area contributed by atoms with Gasteiger partial charge in [-0.3, -0.25) is 4.79 Å². The number of aromatic nitrogens is 3. The SMILES string of the molecule is CCCn1c(C)cc(C=C(C#N)c2nc(-c3c[nH]c(C(=O)N4CCCC4)c3)cs2)c1C. The van der Waals surface area contributed by atoms with Crippen molar-refractivity contribution in [1.82, 2.24) is 19.4 Å². The first kappa shape index (κ1) is 21.1. The number of nitrogens with zero attached hydrogens (tertiary/aromatic N) is 4. The summed E-state index contributed by atoms with van der Waals surface area (Å²) in [5.41, 5.74) is 6.20. The summed E-state index contributed by atoms with van der Waals surface area (Å²) in [6.45, 7) is 8.97. The van der Waals surface area contributed by atoms with Gasteiger partial charge in [0.15, 0.2) is 0 Å². The van der Waals surface area contributed by atoms with Crippen LogP contribution < -0.4 is 0 Å². The molecular weight excluding hydrogens is 406 g/mol. The molecule has 0 radical (unpaired) electrons. The molecule has 4 rings (SSSR count). The van der Waals surface area contributed by atoms with Gasteiger partial charge in [0.2, 0.25) is 0 Å². The number of carbonyl (C=O) groups excluding carboxylic acids is 1. The fourth-order valence-electron chi connectivity index (χ4n) is 4.13. The van der Waals surface area contributed by atoms with Gasteiger partial charge in [-0.05, 0) is 56.9 Å². The monoisotopic (exact) mass is 433 g/mol. The summed E-state index contributed by atoms with van der Waals surface area (Å²) in [5, 5.41) is 12.4. The van der Waals surface area contributed by atoms with Gasteiger partial charge in [-0.25, -0.2) is 4.98 Å². The van der Waals surface area contributed by atoms with Crippen LogP contribution in [0.15, 0.2) is 23.7 Å². The summed E-state index contributed by atoms with van der Waals surface area (Å²) in [6.07, 6.45) is 6.95. The molecule has 4 heterocycles. The molecular formula is C24H27N5OS. The summed E-state index contributed by atoms with van der Waals surface area (Å²) >= 11 is 1.45. The molecule has 1 saturated heterocycles. The standard InChI is InChI=1S/C24H27N5OS/c1-4-7-29-16(2)10-18(17(29)3)11-19(13-25)23-27-22(15-31-23)20-12-21(26-14-20)24(30)28-8-5-6-9-28/h10-12,14-15,26H,4-9H2,1-3H3. The number of aromatic amines is 1. The predicted molar refractivity (Wildman–Crippen MR) is 125 cm³/mol. The van der Waals surface area contributed by atoms with Gasteiger partial charge in [0.05, 0.1) is 11.3 Å². The second kappa shape index (κ2) is 8.94. The second-order valence-corrected chi connectivity index (χ2v) is 8.85. The van der Waals surface area contributed by atoms with Gasteiger partial charge in [0, 0.05) is 48.2 Å². The lowest BCUT2D eigenvalue weighted by atomic mass is 10.1. The zero-order valence-corrected chi connectivity index (χ0v) is 19.1. The topological polar surface area (TPSA) is 77.7 Å². The number of nitrogens with one attached hydrogen (secondary N) is 1. The Bertz CT molecular complexity index is 1170. The molecule has 7 heteroatoms. The summed E-state index contributed by atoms with van der Waals surface area (Å²) in [4.78, 5) is 22.2. The van der Waals surface area contributed by atoms with E-state index in [0.717, 1.165) is 55.7 Å². The summed E-state index contributed by atoms with van der Waals surface area (Å²) in [7, 11) is 0. The third-order valence-corrected chi connectivity index (χ3v) is 6.69. The van der Waals surface area contributed by atoms with Crippen molar-refractivity contribution in [3.8, 4) is 17.3 Å². The lowest BCUT2D eigenvalue weighted by molar-refractivity contribution is 0.0788. The van der Waals surface area contributed by atoms with E-state index < -0.39 is 0 Å². The molecule has 1 aliphatic rings. The van der Waals surface area contributed by atoms with Gasteiger partial charge in [-0.1, -0.05) is 6.92 Å². The summed E-state index contributed by atoms with van der Waals surface area (Å²) in [6, 6.07) is 6.29. The molecule has 0 spiro atoms. The number of likely N-dealkylation sites (tertiary alicyclic amines) is 1. The first-order chi connectivity index (χ1) is 15.0. The first-order valence-electron chi connectivity index (χ1n) is 10.7. The van der Waals surface area contributed by atoms with E-state index in [2.05, 4.69) is 47.4 Å². The minimum Gasteiger partial charge on any atom is -0.357 e. The van der Waals surface area contributed by atoms with Crippen LogP contribution in [-0.2, 0) is 6.54 Å². The van der Waals surface area contributed by atoms with E-state index in [9.17, 15) is 10.1 Å². The maximum Gasteiger partial charge on any atom is 0.270 e. The average Bonchev–Trinajstić information content (AvgIpc) is 3.56. The largest absolute Gasteiger partial charge is 0.357 e. The Morgan fingerprint density at radius 2 is 2.10 bits per heavy atom. The zero-order chi connectivity index (χ0) is 22.0. The third-order valence-electron chi connectivity index (χ3n) is 5.82. The van der Waals surface area contributed by atoms with E-state index >= 15 is 0 Å². The van der Waals surface area contributed by atoms with E-state index in [4.69, 9.17) is 0 Å². The van der Waals surface area contributed by atoms with Crippen molar-refractivity contribution in [2.24, 2.45) is 0 Å². The molecule has 0 bridgehead atoms. The highest BCUT2D eigenvalue weighted by Gasteiger charge is 2.21. The predicted octanol–water partition coefficient (Wildman–Crippen LogP) is 5.27. The van der Waals surface area contributed by atoms with Crippen molar-refractivity contribution in [3.63, 3.8) is 0 Å². The maximum atomic E-state index is 12.6. The second-order valence-electron chi connectivity index (χ2n) is 7.99. The number of carbonyl (C=O) groups is 1. The molecule has 1 aliphatic heterocycles. The molecule has 0 aliphatic carbocycles. The third kappa shape index (κ3) is 4.21. The number of amides is 1. The molecule has 1 amide bonds. The highest BCUT2D eigenvalue weighted by molar-refractivity contribution is 7.11. The molecule has 1 N–H and O–H groups in total. The molecule has 0 unspecified atom stereocenters. The lowest BCUT2D eigenvalue weighted by Gasteiger charge is -2.13. The van der Waals surface area contributed by atoms with Gasteiger partial charge in [-0.15, -0.1) is 11.3 Å². The van der Waals surface area contributed by atoms with Crippen molar-refractivity contribution in [1.29, 1.82) is 5.26 Å². The maximum absolute atomic E-state index is 12.6. The lowest BCUT2D eigenvalue weighted by Crippen LogP contribution is -2.27. The van der Waals surface area contributed by atoms with Crippen LogP contribution in [-0.4, -0.2) is 38.4 Å². The molecule has 6 nitrogen and oxygen atoms in total. The van der Waals surface area contributed by atoms with E-state index in [1.165, 1.54) is 22.7 Å². The smallest absolute Gasteiger partial charge is 0.270 e. The number of rotatable bonds is 6. The van der Waals surface area contributed by atoms with Crippen LogP contribution in [0.25, 0.3) is 22.9 Å². The van der Waals surface area contributed by atoms with E-state index in [-0.39, 0.29) is 5.91 Å². The van der Waals surface area contributed by atoms with Gasteiger partial charge in [-0.2, -0.15) is 5.26 Å². The minimum absolute atomic E-state index is 0.0410. The van der Waals surface area contributed by atoms with Crippen molar-refractivity contribution in [2.75, 3.05) is 13.1 Å². The number of aryl methyl sites for hydroxylation is 1. The number of hydrogen-bond acceptors (Lipinski definition) is 4. The van der Waals surface area contributed by atoms with Gasteiger partial charge >= 0.3 is 0 Å². The molecule has 0 saturated carbocycles. The van der Waals surface area contributed by atoms with Gasteiger partial charge in [0.1, 0.15) is 16.8 Å². The molecule has 3 aromatic heterocycles. The average molecular weight is 434 g/mol. The molecule has 160 valence electrons. The highest BCUT2D eigenvalue weighted by Crippen LogP contribution is 2.29. The number of nitriles is 1. The Morgan fingerprint density at radius 3 is 2.81 bits per heavy atom. The number of allylic oxidation sites excluding steroid dienone is 1. The van der Waals surface area contributed by atoms with Gasteiger partial charge < -0.3 is 14.5 Å². The molecule has 3 aromatic rings. The van der Waals surface area contributed by atoms with Crippen LogP contribution in [0.4, 0.5) is 0 Å². The van der Waals surface area contributed by atoms with Crippen LogP contribution in [0.2, 0.25) is 0 Å². The van der Waals surface area contributed by atoms with Crippen molar-refractivity contribution >= 4 is 28.9 Å². The van der Waals surface area contributed by atoms with Crippen LogP contribution >= 0.6 is 11.3 Å². The van der Waals surface area contributed by atoms with E-state index in [0.29, 0.717) is 16.3 Å². The fraction of sp³-hybridized carbons (Fsp3) is 0.375. The number of H-pyrrole nitrogens is 1. The van der Waals surface area contributed by atoms with E-state index in [1.807, 2.05) is 28.6 Å². The Labute approximate surface area is 186 Å². The van der Waals surface area contributed by atoms with Crippen molar-refractivity contribution < 1.29 is 4.79 Å². The van der Waals surface area contributed by atoms with Gasteiger partial charge in [0.25, 0.3) is 5.91 Å². The first-order valence-corrected chi connectivity index (χ1v) is 11.6. The normalized spacial score (nSPS) is 14.3. The number of thiazole rings is 1. The Balaban J connectivity index is 1.58. The van der Waals surface area contributed by atoms with Crippen molar-refractivity contribution in [2.45, 2.75) is 46.6 Å². The van der Waals surface area contributed by atoms with Crippen LogP contribution in [0, 0.1) is 25.2 Å². The minimum atomic E-state index is 0.0410. The van der Waals surface area contributed by atoms with Crippen molar-refractivity contribution in [3.05, 3.63) is 51.4 Å². The highest BCUT2D eigenvalue weighted by atomic mass is 32.1. The Morgan fingerprint density at radius 1 is 1.32 bits per heavy atom. The molecule has 0 atom stereocenters. The van der Waals surface area contributed by atoms with Crippen LogP contribution in [0.5, 0.6) is 0 Å². The quantitative estimate of drug-likeness (QED) is 0.538. The fourth-order valence-corrected chi connectivity index (χ4v) is 4.92. The summed E-state index contributed by atoms with van der Waals surface area (Å²) in [5.74, 6) is 0.0410. The van der Waals surface area contributed by atoms with Crippen LogP contribution in [0.1, 0.15) is 58.6 Å². The van der Waals surface area contributed by atoms with E-state index in [1.54, 1.807) is 0 Å². The zero-order valence-electron chi connectivity index (χ0n) is 18.2.